The van der Waals surface area contributed by atoms with E-state index in [9.17, 15) is 14.9 Å². The largest absolute Gasteiger partial charge is 0.486 e. The predicted molar refractivity (Wildman–Crippen MR) is 106 cm³/mol. The molecule has 31 heavy (non-hydrogen) atoms. The highest BCUT2D eigenvalue weighted by Crippen LogP contribution is 2.26. The van der Waals surface area contributed by atoms with E-state index in [4.69, 9.17) is 13.7 Å². The van der Waals surface area contributed by atoms with Crippen molar-refractivity contribution in [3.63, 3.8) is 0 Å². The van der Waals surface area contributed by atoms with Crippen LogP contribution in [-0.4, -0.2) is 28.1 Å². The van der Waals surface area contributed by atoms with E-state index in [1.807, 2.05) is 0 Å². The van der Waals surface area contributed by atoms with E-state index >= 15 is 0 Å². The highest BCUT2D eigenvalue weighted by molar-refractivity contribution is 5.89. The van der Waals surface area contributed by atoms with Crippen molar-refractivity contribution >= 4 is 11.7 Å². The van der Waals surface area contributed by atoms with Gasteiger partial charge in [-0.15, -0.1) is 0 Å². The third kappa shape index (κ3) is 4.42. The second-order valence-corrected chi connectivity index (χ2v) is 6.30. The predicted octanol–water partition coefficient (Wildman–Crippen LogP) is 4.27. The lowest BCUT2D eigenvalue weighted by atomic mass is 10.2. The van der Waals surface area contributed by atoms with Crippen LogP contribution in [0.3, 0.4) is 0 Å². The van der Waals surface area contributed by atoms with E-state index in [-0.39, 0.29) is 24.0 Å². The fraction of sp³-hybridized carbons (Fsp3) is 0.0952. The summed E-state index contributed by atoms with van der Waals surface area (Å²) in [5, 5.41) is 14.6. The van der Waals surface area contributed by atoms with Gasteiger partial charge in [-0.3, -0.25) is 10.1 Å². The number of rotatable bonds is 7. The summed E-state index contributed by atoms with van der Waals surface area (Å²) >= 11 is 0. The number of furan rings is 1. The molecule has 0 bridgehead atoms. The molecule has 0 saturated heterocycles. The van der Waals surface area contributed by atoms with Gasteiger partial charge in [-0.25, -0.2) is 4.79 Å². The molecule has 0 N–H and O–H groups in total. The van der Waals surface area contributed by atoms with Crippen LogP contribution in [0.25, 0.3) is 23.0 Å². The van der Waals surface area contributed by atoms with E-state index in [2.05, 4.69) is 14.9 Å². The number of hydrogen-bond donors (Lipinski definition) is 0. The monoisotopic (exact) mass is 421 g/mol. The molecule has 0 aliphatic heterocycles. The van der Waals surface area contributed by atoms with Crippen molar-refractivity contribution in [2.75, 3.05) is 7.11 Å². The lowest BCUT2D eigenvalue weighted by molar-refractivity contribution is -0.384. The summed E-state index contributed by atoms with van der Waals surface area (Å²) in [6, 6.07) is 15.7. The van der Waals surface area contributed by atoms with Crippen LogP contribution < -0.4 is 4.74 Å². The summed E-state index contributed by atoms with van der Waals surface area (Å²) < 4.78 is 21.2. The summed E-state index contributed by atoms with van der Waals surface area (Å²) in [6.07, 6.45) is 0. The Morgan fingerprint density at radius 1 is 1.06 bits per heavy atom. The molecule has 10 heteroatoms. The quantitative estimate of drug-likeness (QED) is 0.244. The zero-order valence-electron chi connectivity index (χ0n) is 16.2. The van der Waals surface area contributed by atoms with Crippen molar-refractivity contribution in [2.45, 2.75) is 6.61 Å². The molecule has 2 heterocycles. The maximum Gasteiger partial charge on any atom is 0.337 e. The number of hydrogen-bond acceptors (Lipinski definition) is 9. The number of nitrogens with zero attached hydrogens (tertiary/aromatic N) is 3. The summed E-state index contributed by atoms with van der Waals surface area (Å²) in [5.41, 5.74) is 0.976. The van der Waals surface area contributed by atoms with Crippen LogP contribution in [0.4, 0.5) is 5.69 Å². The van der Waals surface area contributed by atoms with Crippen LogP contribution in [0, 0.1) is 10.1 Å². The van der Waals surface area contributed by atoms with Crippen LogP contribution in [0.2, 0.25) is 0 Å². The molecule has 2 aromatic carbocycles. The third-order valence-electron chi connectivity index (χ3n) is 4.29. The van der Waals surface area contributed by atoms with Gasteiger partial charge >= 0.3 is 5.97 Å². The molecule has 0 spiro atoms. The van der Waals surface area contributed by atoms with Crippen LogP contribution in [0.1, 0.15) is 16.1 Å². The lowest BCUT2D eigenvalue weighted by Crippen LogP contribution is -2.01. The molecule has 4 rings (SSSR count). The van der Waals surface area contributed by atoms with Crippen molar-refractivity contribution < 1.29 is 28.1 Å². The number of nitro benzene ring substituents is 1. The number of carbonyl (C=O) groups is 1. The summed E-state index contributed by atoms with van der Waals surface area (Å²) in [7, 11) is 1.32. The molecule has 4 aromatic rings. The summed E-state index contributed by atoms with van der Waals surface area (Å²) in [6.45, 7) is 0.154. The summed E-state index contributed by atoms with van der Waals surface area (Å²) in [5.74, 6) is 1.48. The highest BCUT2D eigenvalue weighted by Gasteiger charge is 2.15. The minimum absolute atomic E-state index is 0.0249. The summed E-state index contributed by atoms with van der Waals surface area (Å²) in [4.78, 5) is 26.0. The first-order valence-electron chi connectivity index (χ1n) is 9.02. The van der Waals surface area contributed by atoms with Crippen molar-refractivity contribution in [1.29, 1.82) is 0 Å². The first kappa shape index (κ1) is 19.8. The molecule has 2 aromatic heterocycles. The molecular formula is C21H15N3O7. The smallest absolute Gasteiger partial charge is 0.337 e. The Balaban J connectivity index is 1.41. The van der Waals surface area contributed by atoms with Gasteiger partial charge in [-0.1, -0.05) is 5.16 Å². The fourth-order valence-electron chi connectivity index (χ4n) is 2.70. The number of carbonyl (C=O) groups excluding carboxylic acids is 1. The van der Waals surface area contributed by atoms with E-state index in [1.165, 1.54) is 19.2 Å². The van der Waals surface area contributed by atoms with E-state index < -0.39 is 10.9 Å². The number of ether oxygens (including phenoxy) is 2. The van der Waals surface area contributed by atoms with Gasteiger partial charge in [0.25, 0.3) is 11.6 Å². The van der Waals surface area contributed by atoms with Crippen LogP contribution in [0.15, 0.2) is 69.6 Å². The number of aromatic nitrogens is 2. The van der Waals surface area contributed by atoms with E-state index in [1.54, 1.807) is 48.5 Å². The maximum atomic E-state index is 11.5. The first-order chi connectivity index (χ1) is 15.0. The topological polar surface area (TPSA) is 131 Å². The average molecular weight is 421 g/mol. The second-order valence-electron chi connectivity index (χ2n) is 6.30. The van der Waals surface area contributed by atoms with Gasteiger partial charge in [0.2, 0.25) is 5.82 Å². The molecule has 0 unspecified atom stereocenters. The number of nitro groups is 1. The zero-order valence-corrected chi connectivity index (χ0v) is 16.2. The van der Waals surface area contributed by atoms with Gasteiger partial charge < -0.3 is 18.4 Å². The van der Waals surface area contributed by atoms with Gasteiger partial charge in [-0.05, 0) is 48.5 Å². The van der Waals surface area contributed by atoms with E-state index in [0.717, 1.165) is 0 Å². The first-order valence-corrected chi connectivity index (χ1v) is 9.02. The van der Waals surface area contributed by atoms with Crippen LogP contribution in [-0.2, 0) is 11.3 Å². The van der Waals surface area contributed by atoms with Gasteiger partial charge in [0, 0.05) is 17.7 Å². The SMILES string of the molecule is COC(=O)c1ccc(OCc2ccc(-c3nc(-c4ccc([N+](=O)[O-])cc4)no3)o2)cc1. The van der Waals surface area contributed by atoms with Gasteiger partial charge in [0.1, 0.15) is 18.1 Å². The Morgan fingerprint density at radius 2 is 1.81 bits per heavy atom. The maximum absolute atomic E-state index is 11.5. The molecule has 0 aliphatic carbocycles. The molecule has 10 nitrogen and oxygen atoms in total. The minimum Gasteiger partial charge on any atom is -0.486 e. The Labute approximate surface area is 175 Å². The number of methoxy groups -OCH3 is 1. The molecule has 0 saturated carbocycles. The van der Waals surface area contributed by atoms with Crippen LogP contribution in [0.5, 0.6) is 5.75 Å². The molecule has 156 valence electrons. The number of non-ortho nitro benzene ring substituents is 1. The third-order valence-corrected chi connectivity index (χ3v) is 4.29. The molecule has 0 atom stereocenters. The molecule has 0 amide bonds. The van der Waals surface area contributed by atoms with Gasteiger partial charge in [-0.2, -0.15) is 4.98 Å². The standard InChI is InChI=1S/C21H15N3O7/c1-28-21(25)14-4-8-16(9-5-14)29-12-17-10-11-18(30-17)20-22-19(23-31-20)13-2-6-15(7-3-13)24(26)27/h2-11H,12H2,1H3. The van der Waals surface area contributed by atoms with Crippen LogP contribution >= 0.6 is 0 Å². The molecule has 0 fully saturated rings. The van der Waals surface area contributed by atoms with Crippen molar-refractivity contribution in [1.82, 2.24) is 10.1 Å². The minimum atomic E-state index is -0.481. The molecule has 0 aliphatic rings. The lowest BCUT2D eigenvalue weighted by Gasteiger charge is -2.05. The molecular weight excluding hydrogens is 406 g/mol. The second kappa shape index (κ2) is 8.49. The van der Waals surface area contributed by atoms with Gasteiger partial charge in [0.15, 0.2) is 5.76 Å². The van der Waals surface area contributed by atoms with E-state index in [0.29, 0.717) is 28.4 Å². The van der Waals surface area contributed by atoms with Crippen molar-refractivity contribution in [3.8, 4) is 28.8 Å². The average Bonchev–Trinajstić information content (AvgIpc) is 3.47. The van der Waals surface area contributed by atoms with Crippen molar-refractivity contribution in [2.24, 2.45) is 0 Å². The zero-order chi connectivity index (χ0) is 21.8. The molecule has 0 radical (unpaired) electrons. The fourth-order valence-corrected chi connectivity index (χ4v) is 2.70. The Morgan fingerprint density at radius 3 is 2.48 bits per heavy atom. The van der Waals surface area contributed by atoms with Gasteiger partial charge in [0.05, 0.1) is 17.6 Å². The highest BCUT2D eigenvalue weighted by atomic mass is 16.6. The van der Waals surface area contributed by atoms with Crippen molar-refractivity contribution in [3.05, 3.63) is 82.1 Å². The number of esters is 1. The Hall–Kier alpha value is -4.47. The number of benzene rings is 2. The Bertz CT molecular complexity index is 1210. The Kier molecular flexibility index (Phi) is 5.43. The normalized spacial score (nSPS) is 10.6.